The second-order valence-electron chi connectivity index (χ2n) is 10.7. The van der Waals surface area contributed by atoms with Gasteiger partial charge in [-0.05, 0) is 83.0 Å². The van der Waals surface area contributed by atoms with E-state index in [1.165, 1.54) is 0 Å². The van der Waals surface area contributed by atoms with Crippen LogP contribution >= 0.6 is 0 Å². The number of amides is 2. The Kier molecular flexibility index (Phi) is 9.46. The third-order valence-electron chi connectivity index (χ3n) is 7.03. The Balaban J connectivity index is 1.77. The SMILES string of the molecule is C#CCOc1cccc(-c2cc(C(C)C)c(NC(=O)N(CCCC)c3cc4cccnc4[nH]c3=O)c(C(C)C)c2)c1. The molecule has 0 bridgehead atoms. The van der Waals surface area contributed by atoms with Gasteiger partial charge in [-0.15, -0.1) is 6.42 Å². The van der Waals surface area contributed by atoms with Crippen LogP contribution in [0.2, 0.25) is 0 Å². The topological polar surface area (TPSA) is 87.3 Å². The van der Waals surface area contributed by atoms with Crippen LogP contribution in [0.25, 0.3) is 22.2 Å². The Hall–Kier alpha value is -4.57. The van der Waals surface area contributed by atoms with Crippen LogP contribution in [0.1, 0.15) is 70.4 Å². The fourth-order valence-electron chi connectivity index (χ4n) is 4.85. The van der Waals surface area contributed by atoms with Crippen molar-refractivity contribution in [3.63, 3.8) is 0 Å². The number of aromatic amines is 1. The van der Waals surface area contributed by atoms with E-state index in [0.717, 1.165) is 46.2 Å². The molecule has 41 heavy (non-hydrogen) atoms. The van der Waals surface area contributed by atoms with Crippen molar-refractivity contribution >= 4 is 28.4 Å². The van der Waals surface area contributed by atoms with Gasteiger partial charge < -0.3 is 15.0 Å². The van der Waals surface area contributed by atoms with Crippen molar-refractivity contribution in [1.82, 2.24) is 9.97 Å². The van der Waals surface area contributed by atoms with Crippen LogP contribution in [-0.4, -0.2) is 29.2 Å². The molecule has 212 valence electrons. The van der Waals surface area contributed by atoms with E-state index in [1.807, 2.05) is 36.4 Å². The van der Waals surface area contributed by atoms with Crippen molar-refractivity contribution in [2.75, 3.05) is 23.4 Å². The van der Waals surface area contributed by atoms with E-state index in [2.05, 4.69) is 68.0 Å². The quantitative estimate of drug-likeness (QED) is 0.198. The van der Waals surface area contributed by atoms with Crippen LogP contribution in [-0.2, 0) is 0 Å². The van der Waals surface area contributed by atoms with Crippen LogP contribution in [0.15, 0.2) is 65.6 Å². The average Bonchev–Trinajstić information content (AvgIpc) is 2.96. The number of aromatic nitrogens is 2. The maximum Gasteiger partial charge on any atom is 0.326 e. The van der Waals surface area contributed by atoms with Gasteiger partial charge in [-0.25, -0.2) is 9.78 Å². The molecule has 4 aromatic rings. The summed E-state index contributed by atoms with van der Waals surface area (Å²) >= 11 is 0. The third-order valence-corrected chi connectivity index (χ3v) is 7.03. The van der Waals surface area contributed by atoms with Gasteiger partial charge >= 0.3 is 6.03 Å². The van der Waals surface area contributed by atoms with E-state index < -0.39 is 0 Å². The second kappa shape index (κ2) is 13.2. The molecule has 0 saturated heterocycles. The molecule has 0 aliphatic rings. The summed E-state index contributed by atoms with van der Waals surface area (Å²) in [6, 6.07) is 17.2. The molecular formula is C34H38N4O3. The van der Waals surface area contributed by atoms with E-state index in [1.54, 1.807) is 17.2 Å². The number of carbonyl (C=O) groups is 1. The zero-order valence-electron chi connectivity index (χ0n) is 24.5. The van der Waals surface area contributed by atoms with E-state index in [-0.39, 0.29) is 30.0 Å². The number of ether oxygens (including phenoxy) is 1. The second-order valence-corrected chi connectivity index (χ2v) is 10.7. The van der Waals surface area contributed by atoms with E-state index in [9.17, 15) is 9.59 Å². The highest BCUT2D eigenvalue weighted by atomic mass is 16.5. The Morgan fingerprint density at radius 2 is 1.78 bits per heavy atom. The van der Waals surface area contributed by atoms with E-state index >= 15 is 0 Å². The van der Waals surface area contributed by atoms with E-state index in [0.29, 0.717) is 23.6 Å². The lowest BCUT2D eigenvalue weighted by atomic mass is 9.88. The summed E-state index contributed by atoms with van der Waals surface area (Å²) in [7, 11) is 0. The highest BCUT2D eigenvalue weighted by Gasteiger charge is 2.24. The number of H-pyrrole nitrogens is 1. The zero-order valence-corrected chi connectivity index (χ0v) is 24.5. The summed E-state index contributed by atoms with van der Waals surface area (Å²) in [6.45, 7) is 11.1. The first-order chi connectivity index (χ1) is 19.7. The Bertz CT molecular complexity index is 1600. The number of terminal acetylenes is 1. The molecular weight excluding hydrogens is 512 g/mol. The van der Waals surface area contributed by atoms with Gasteiger partial charge in [0.25, 0.3) is 5.56 Å². The smallest absolute Gasteiger partial charge is 0.326 e. The molecule has 2 amide bonds. The number of hydrogen-bond acceptors (Lipinski definition) is 4. The summed E-state index contributed by atoms with van der Waals surface area (Å²) in [4.78, 5) is 35.7. The van der Waals surface area contributed by atoms with Gasteiger partial charge in [0.1, 0.15) is 23.7 Å². The Labute approximate surface area is 242 Å². The number of benzene rings is 2. The van der Waals surface area contributed by atoms with Crippen molar-refractivity contribution in [1.29, 1.82) is 0 Å². The first-order valence-electron chi connectivity index (χ1n) is 14.1. The number of anilines is 2. The number of carbonyl (C=O) groups excluding carboxylic acids is 1. The fraction of sp³-hybridized carbons (Fsp3) is 0.324. The maximum atomic E-state index is 14.0. The molecule has 2 heterocycles. The summed E-state index contributed by atoms with van der Waals surface area (Å²) in [5.74, 6) is 3.46. The molecule has 0 atom stereocenters. The molecule has 2 aromatic carbocycles. The standard InChI is InChI=1S/C34H38N4O3/c1-7-9-16-38(30-21-25-13-11-15-35-32(25)37-33(30)39)34(40)36-31-28(22(3)4)19-26(20-29(31)23(5)6)24-12-10-14-27(18-24)41-17-8-2/h2,10-15,18-23H,7,9,16-17H2,1,3-6H3,(H,36,40)(H,35,37,39). The van der Waals surface area contributed by atoms with Gasteiger partial charge in [0.15, 0.2) is 0 Å². The molecule has 0 fully saturated rings. The summed E-state index contributed by atoms with van der Waals surface area (Å²) in [5.41, 5.74) is 5.29. The summed E-state index contributed by atoms with van der Waals surface area (Å²) < 4.78 is 5.66. The molecule has 2 N–H and O–H groups in total. The summed E-state index contributed by atoms with van der Waals surface area (Å²) in [5, 5.41) is 3.98. The van der Waals surface area contributed by atoms with Crippen molar-refractivity contribution < 1.29 is 9.53 Å². The number of pyridine rings is 2. The number of urea groups is 1. The minimum Gasteiger partial charge on any atom is -0.481 e. The normalized spacial score (nSPS) is 11.1. The van der Waals surface area contributed by atoms with Gasteiger partial charge in [-0.2, -0.15) is 0 Å². The largest absolute Gasteiger partial charge is 0.481 e. The fourth-order valence-corrected chi connectivity index (χ4v) is 4.85. The van der Waals surface area contributed by atoms with Crippen LogP contribution in [0, 0.1) is 12.3 Å². The monoisotopic (exact) mass is 550 g/mol. The predicted molar refractivity (Wildman–Crippen MR) is 168 cm³/mol. The molecule has 0 spiro atoms. The number of nitrogens with zero attached hydrogens (tertiary/aromatic N) is 2. The third kappa shape index (κ3) is 6.78. The average molecular weight is 551 g/mol. The zero-order chi connectivity index (χ0) is 29.5. The van der Waals surface area contributed by atoms with Crippen LogP contribution < -0.4 is 20.5 Å². The molecule has 0 aliphatic carbocycles. The minimum atomic E-state index is -0.349. The number of fused-ring (bicyclic) bond motifs is 1. The van der Waals surface area contributed by atoms with Crippen molar-refractivity contribution in [3.8, 4) is 29.2 Å². The number of hydrogen-bond donors (Lipinski definition) is 2. The highest BCUT2D eigenvalue weighted by Crippen LogP contribution is 2.38. The molecule has 0 aliphatic heterocycles. The lowest BCUT2D eigenvalue weighted by Gasteiger charge is -2.27. The number of rotatable bonds is 10. The van der Waals surface area contributed by atoms with Gasteiger partial charge in [-0.3, -0.25) is 9.69 Å². The number of unbranched alkanes of at least 4 members (excludes halogenated alkanes) is 1. The first-order valence-corrected chi connectivity index (χ1v) is 14.1. The van der Waals surface area contributed by atoms with Gasteiger partial charge in [0.2, 0.25) is 0 Å². The van der Waals surface area contributed by atoms with Gasteiger partial charge in [0, 0.05) is 23.8 Å². The highest BCUT2D eigenvalue weighted by molar-refractivity contribution is 6.03. The predicted octanol–water partition coefficient (Wildman–Crippen LogP) is 7.69. The lowest BCUT2D eigenvalue weighted by Crippen LogP contribution is -2.39. The van der Waals surface area contributed by atoms with E-state index in [4.69, 9.17) is 11.2 Å². The van der Waals surface area contributed by atoms with Crippen LogP contribution in [0.4, 0.5) is 16.2 Å². The molecule has 2 aromatic heterocycles. The molecule has 0 saturated carbocycles. The van der Waals surface area contributed by atoms with Gasteiger partial charge in [-0.1, -0.05) is 59.1 Å². The number of nitrogens with one attached hydrogen (secondary N) is 2. The molecule has 0 unspecified atom stereocenters. The lowest BCUT2D eigenvalue weighted by molar-refractivity contribution is 0.256. The molecule has 7 heteroatoms. The molecule has 4 rings (SSSR count). The summed E-state index contributed by atoms with van der Waals surface area (Å²) in [6.07, 6.45) is 8.63. The maximum absolute atomic E-state index is 14.0. The Morgan fingerprint density at radius 3 is 2.44 bits per heavy atom. The first kappa shape index (κ1) is 29.4. The minimum absolute atomic E-state index is 0.128. The van der Waals surface area contributed by atoms with Crippen molar-refractivity contribution in [2.24, 2.45) is 0 Å². The molecule has 0 radical (unpaired) electrons. The Morgan fingerprint density at radius 1 is 1.05 bits per heavy atom. The van der Waals surface area contributed by atoms with Crippen LogP contribution in [0.5, 0.6) is 5.75 Å². The van der Waals surface area contributed by atoms with Crippen molar-refractivity contribution in [3.05, 3.63) is 82.3 Å². The van der Waals surface area contributed by atoms with Crippen molar-refractivity contribution in [2.45, 2.75) is 59.3 Å². The van der Waals surface area contributed by atoms with Gasteiger partial charge in [0.05, 0.1) is 0 Å². The van der Waals surface area contributed by atoms with Crippen LogP contribution in [0.3, 0.4) is 0 Å². The molecule has 7 nitrogen and oxygen atoms in total.